The Balaban J connectivity index is 2.18. The molecule has 1 amide bonds. The SMILES string of the molecule is NC(=O)CN(Cc1ccccc1C(=O)O)C1CCCC1. The van der Waals surface area contributed by atoms with E-state index in [9.17, 15) is 14.7 Å². The van der Waals surface area contributed by atoms with Gasteiger partial charge in [-0.25, -0.2) is 4.79 Å². The number of aromatic carboxylic acids is 1. The molecule has 1 aromatic rings. The van der Waals surface area contributed by atoms with Gasteiger partial charge in [0.2, 0.25) is 5.91 Å². The Bertz CT molecular complexity index is 496. The molecule has 0 saturated heterocycles. The molecule has 0 aromatic heterocycles. The topological polar surface area (TPSA) is 83.6 Å². The van der Waals surface area contributed by atoms with Crippen LogP contribution in [0, 0.1) is 0 Å². The summed E-state index contributed by atoms with van der Waals surface area (Å²) in [6.45, 7) is 0.634. The maximum absolute atomic E-state index is 11.2. The molecule has 1 saturated carbocycles. The maximum atomic E-state index is 11.2. The highest BCUT2D eigenvalue weighted by atomic mass is 16.4. The van der Waals surface area contributed by atoms with Crippen LogP contribution in [-0.2, 0) is 11.3 Å². The lowest BCUT2D eigenvalue weighted by molar-refractivity contribution is -0.119. The van der Waals surface area contributed by atoms with Gasteiger partial charge in [-0.2, -0.15) is 0 Å². The lowest BCUT2D eigenvalue weighted by Gasteiger charge is -2.28. The largest absolute Gasteiger partial charge is 0.478 e. The van der Waals surface area contributed by atoms with Crippen LogP contribution in [0.5, 0.6) is 0 Å². The number of benzene rings is 1. The minimum absolute atomic E-state index is 0.179. The number of nitrogens with two attached hydrogens (primary N) is 1. The number of nitrogens with zero attached hydrogens (tertiary/aromatic N) is 1. The summed E-state index contributed by atoms with van der Waals surface area (Å²) in [5.41, 5.74) is 6.34. The van der Waals surface area contributed by atoms with Crippen molar-refractivity contribution in [2.45, 2.75) is 38.3 Å². The van der Waals surface area contributed by atoms with Crippen LogP contribution in [-0.4, -0.2) is 34.5 Å². The van der Waals surface area contributed by atoms with Crippen molar-refractivity contribution >= 4 is 11.9 Å². The van der Waals surface area contributed by atoms with Crippen molar-refractivity contribution < 1.29 is 14.7 Å². The first-order valence-corrected chi connectivity index (χ1v) is 6.91. The zero-order chi connectivity index (χ0) is 14.5. The summed E-state index contributed by atoms with van der Waals surface area (Å²) < 4.78 is 0. The summed E-state index contributed by atoms with van der Waals surface area (Å²) >= 11 is 0. The number of primary amides is 1. The van der Waals surface area contributed by atoms with Gasteiger partial charge in [-0.1, -0.05) is 31.0 Å². The molecule has 1 aromatic carbocycles. The summed E-state index contributed by atoms with van der Waals surface area (Å²) in [4.78, 5) is 24.5. The number of carbonyl (C=O) groups is 2. The van der Waals surface area contributed by atoms with Crippen LogP contribution in [0.2, 0.25) is 0 Å². The van der Waals surface area contributed by atoms with E-state index in [-0.39, 0.29) is 12.5 Å². The number of hydrogen-bond acceptors (Lipinski definition) is 3. The first kappa shape index (κ1) is 14.5. The van der Waals surface area contributed by atoms with Crippen molar-refractivity contribution in [3.8, 4) is 0 Å². The van der Waals surface area contributed by atoms with Crippen LogP contribution >= 0.6 is 0 Å². The van der Waals surface area contributed by atoms with E-state index in [1.54, 1.807) is 18.2 Å². The van der Waals surface area contributed by atoms with Gasteiger partial charge in [0, 0.05) is 12.6 Å². The molecule has 2 rings (SSSR count). The van der Waals surface area contributed by atoms with E-state index in [0.29, 0.717) is 18.2 Å². The maximum Gasteiger partial charge on any atom is 0.336 e. The van der Waals surface area contributed by atoms with Gasteiger partial charge in [0.15, 0.2) is 0 Å². The number of rotatable bonds is 6. The number of carbonyl (C=O) groups excluding carboxylic acids is 1. The fourth-order valence-corrected chi connectivity index (χ4v) is 2.87. The molecule has 1 aliphatic carbocycles. The molecular formula is C15H20N2O3. The van der Waals surface area contributed by atoms with E-state index in [2.05, 4.69) is 0 Å². The lowest BCUT2D eigenvalue weighted by Crippen LogP contribution is -2.39. The van der Waals surface area contributed by atoms with Crippen LogP contribution in [0.4, 0.5) is 0 Å². The predicted molar refractivity (Wildman–Crippen MR) is 75.3 cm³/mol. The predicted octanol–water partition coefficient (Wildman–Crippen LogP) is 1.61. The van der Waals surface area contributed by atoms with Gasteiger partial charge in [0.25, 0.3) is 0 Å². The van der Waals surface area contributed by atoms with Gasteiger partial charge < -0.3 is 10.8 Å². The van der Waals surface area contributed by atoms with E-state index in [1.165, 1.54) is 0 Å². The second-order valence-electron chi connectivity index (χ2n) is 5.27. The minimum Gasteiger partial charge on any atom is -0.478 e. The highest BCUT2D eigenvalue weighted by Crippen LogP contribution is 2.25. The summed E-state index contributed by atoms with van der Waals surface area (Å²) in [6, 6.07) is 7.24. The Morgan fingerprint density at radius 3 is 2.50 bits per heavy atom. The number of carboxylic acids is 1. The third kappa shape index (κ3) is 3.57. The van der Waals surface area contributed by atoms with Crippen molar-refractivity contribution in [2.24, 2.45) is 5.73 Å². The molecule has 0 spiro atoms. The molecule has 1 fully saturated rings. The standard InChI is InChI=1S/C15H20N2O3/c16-14(18)10-17(12-6-2-3-7-12)9-11-5-1-4-8-13(11)15(19)20/h1,4-5,8,12H,2-3,6-7,9-10H2,(H2,16,18)(H,19,20). The van der Waals surface area contributed by atoms with E-state index in [4.69, 9.17) is 5.73 Å². The van der Waals surface area contributed by atoms with Gasteiger partial charge in [0.1, 0.15) is 0 Å². The Hall–Kier alpha value is -1.88. The molecule has 0 bridgehead atoms. The molecule has 0 atom stereocenters. The smallest absolute Gasteiger partial charge is 0.336 e. The lowest BCUT2D eigenvalue weighted by atomic mass is 10.1. The highest BCUT2D eigenvalue weighted by molar-refractivity contribution is 5.89. The average Bonchev–Trinajstić information content (AvgIpc) is 2.91. The van der Waals surface area contributed by atoms with Gasteiger partial charge in [-0.3, -0.25) is 9.69 Å². The van der Waals surface area contributed by atoms with Crippen molar-refractivity contribution in [2.75, 3.05) is 6.54 Å². The van der Waals surface area contributed by atoms with Crippen LogP contribution < -0.4 is 5.73 Å². The molecule has 108 valence electrons. The van der Waals surface area contributed by atoms with Crippen LogP contribution in [0.3, 0.4) is 0 Å². The van der Waals surface area contributed by atoms with Gasteiger partial charge in [-0.05, 0) is 24.5 Å². The van der Waals surface area contributed by atoms with E-state index in [0.717, 1.165) is 31.2 Å². The molecule has 0 unspecified atom stereocenters. The van der Waals surface area contributed by atoms with E-state index < -0.39 is 5.97 Å². The highest BCUT2D eigenvalue weighted by Gasteiger charge is 2.25. The molecule has 0 radical (unpaired) electrons. The fraction of sp³-hybridized carbons (Fsp3) is 0.467. The Labute approximate surface area is 118 Å². The summed E-state index contributed by atoms with van der Waals surface area (Å²) in [5, 5.41) is 9.22. The number of hydrogen-bond donors (Lipinski definition) is 2. The molecule has 0 heterocycles. The zero-order valence-corrected chi connectivity index (χ0v) is 11.4. The van der Waals surface area contributed by atoms with Gasteiger partial charge in [0.05, 0.1) is 12.1 Å². The average molecular weight is 276 g/mol. The third-order valence-electron chi connectivity index (χ3n) is 3.82. The van der Waals surface area contributed by atoms with E-state index >= 15 is 0 Å². The van der Waals surface area contributed by atoms with Crippen LogP contribution in [0.1, 0.15) is 41.6 Å². The molecule has 5 nitrogen and oxygen atoms in total. The molecule has 1 aliphatic rings. The van der Waals surface area contributed by atoms with Gasteiger partial charge in [-0.15, -0.1) is 0 Å². The van der Waals surface area contributed by atoms with Crippen molar-refractivity contribution in [3.05, 3.63) is 35.4 Å². The quantitative estimate of drug-likeness (QED) is 0.827. The Morgan fingerprint density at radius 1 is 1.25 bits per heavy atom. The molecule has 5 heteroatoms. The summed E-state index contributed by atoms with van der Waals surface area (Å²) in [7, 11) is 0. The monoisotopic (exact) mass is 276 g/mol. The van der Waals surface area contributed by atoms with Crippen molar-refractivity contribution in [1.82, 2.24) is 4.90 Å². The van der Waals surface area contributed by atoms with Crippen molar-refractivity contribution in [3.63, 3.8) is 0 Å². The van der Waals surface area contributed by atoms with Crippen LogP contribution in [0.25, 0.3) is 0 Å². The normalized spacial score (nSPS) is 15.7. The second kappa shape index (κ2) is 6.52. The van der Waals surface area contributed by atoms with Gasteiger partial charge >= 0.3 is 5.97 Å². The number of carboxylic acid groups (broad SMARTS) is 1. The fourth-order valence-electron chi connectivity index (χ4n) is 2.87. The van der Waals surface area contributed by atoms with Crippen LogP contribution in [0.15, 0.2) is 24.3 Å². The zero-order valence-electron chi connectivity index (χ0n) is 11.4. The summed E-state index contributed by atoms with van der Waals surface area (Å²) in [5.74, 6) is -1.31. The Kier molecular flexibility index (Phi) is 4.74. The molecule has 3 N–H and O–H groups in total. The Morgan fingerprint density at radius 2 is 1.90 bits per heavy atom. The van der Waals surface area contributed by atoms with E-state index in [1.807, 2.05) is 11.0 Å². The second-order valence-corrected chi connectivity index (χ2v) is 5.27. The summed E-state index contributed by atoms with van der Waals surface area (Å²) in [6.07, 6.45) is 4.39. The number of amides is 1. The first-order valence-electron chi connectivity index (χ1n) is 6.91. The van der Waals surface area contributed by atoms with Crippen molar-refractivity contribution in [1.29, 1.82) is 0 Å². The molecule has 0 aliphatic heterocycles. The first-order chi connectivity index (χ1) is 9.58. The minimum atomic E-state index is -0.939. The molecular weight excluding hydrogens is 256 g/mol. The third-order valence-corrected chi connectivity index (χ3v) is 3.82. The molecule has 20 heavy (non-hydrogen) atoms.